The zero-order chi connectivity index (χ0) is 22.1. The third kappa shape index (κ3) is 4.17. The summed E-state index contributed by atoms with van der Waals surface area (Å²) in [5, 5.41) is 13.6. The number of hydrogen-bond donors (Lipinski definition) is 1. The Morgan fingerprint density at radius 3 is 2.45 bits per heavy atom. The first-order chi connectivity index (χ1) is 14.9. The second kappa shape index (κ2) is 8.71. The third-order valence-electron chi connectivity index (χ3n) is 5.64. The van der Waals surface area contributed by atoms with Gasteiger partial charge < -0.3 is 5.32 Å². The van der Waals surface area contributed by atoms with E-state index in [2.05, 4.69) is 77.9 Å². The number of aromatic nitrogens is 3. The lowest BCUT2D eigenvalue weighted by atomic mass is 10.0. The number of fused-ring (bicyclic) bond motifs is 3. The van der Waals surface area contributed by atoms with E-state index in [9.17, 15) is 4.79 Å². The van der Waals surface area contributed by atoms with Crippen LogP contribution in [0.3, 0.4) is 0 Å². The van der Waals surface area contributed by atoms with Crippen molar-refractivity contribution in [3.63, 3.8) is 0 Å². The number of benzene rings is 2. The molecule has 160 valence electrons. The molecule has 0 spiro atoms. The van der Waals surface area contributed by atoms with E-state index in [1.807, 2.05) is 19.1 Å². The highest BCUT2D eigenvalue weighted by molar-refractivity contribution is 8.00. The number of thioether (sulfide) groups is 1. The van der Waals surface area contributed by atoms with Gasteiger partial charge in [-0.3, -0.25) is 9.20 Å². The molecule has 0 aliphatic rings. The van der Waals surface area contributed by atoms with Crippen LogP contribution in [0.2, 0.25) is 0 Å². The second-order valence-electron chi connectivity index (χ2n) is 8.04. The van der Waals surface area contributed by atoms with Crippen LogP contribution in [0.4, 0.5) is 5.69 Å². The van der Waals surface area contributed by atoms with Gasteiger partial charge in [-0.1, -0.05) is 49.4 Å². The molecule has 1 N–H and O–H groups in total. The smallest absolute Gasteiger partial charge is 0.237 e. The summed E-state index contributed by atoms with van der Waals surface area (Å²) in [4.78, 5) is 13.0. The Bertz CT molecular complexity index is 1260. The number of nitrogens with zero attached hydrogens (tertiary/aromatic N) is 3. The van der Waals surface area contributed by atoms with Gasteiger partial charge in [0.15, 0.2) is 10.8 Å². The number of pyridine rings is 1. The van der Waals surface area contributed by atoms with Crippen molar-refractivity contribution >= 4 is 39.9 Å². The van der Waals surface area contributed by atoms with E-state index in [1.165, 1.54) is 39.4 Å². The minimum Gasteiger partial charge on any atom is -0.325 e. The van der Waals surface area contributed by atoms with E-state index < -0.39 is 0 Å². The Hall–Kier alpha value is -2.86. The Labute approximate surface area is 187 Å². The van der Waals surface area contributed by atoms with Crippen LogP contribution in [0.15, 0.2) is 47.6 Å². The van der Waals surface area contributed by atoms with Crippen LogP contribution in [0.5, 0.6) is 0 Å². The summed E-state index contributed by atoms with van der Waals surface area (Å²) in [5.41, 5.74) is 7.58. The number of carbonyl (C=O) groups is 1. The molecule has 1 atom stereocenters. The van der Waals surface area contributed by atoms with Gasteiger partial charge in [-0.2, -0.15) is 0 Å². The van der Waals surface area contributed by atoms with Crippen LogP contribution in [0.1, 0.15) is 42.5 Å². The molecular weight excluding hydrogens is 404 g/mol. The maximum absolute atomic E-state index is 13.0. The summed E-state index contributed by atoms with van der Waals surface area (Å²) in [5.74, 6) is -0.0162. The van der Waals surface area contributed by atoms with Crippen LogP contribution in [-0.4, -0.2) is 25.8 Å². The first kappa shape index (κ1) is 21.4. The molecule has 2 aromatic heterocycles. The highest BCUT2D eigenvalue weighted by Gasteiger charge is 2.22. The van der Waals surface area contributed by atoms with Gasteiger partial charge in [0.1, 0.15) is 0 Å². The van der Waals surface area contributed by atoms with Crippen molar-refractivity contribution in [2.45, 2.75) is 57.9 Å². The largest absolute Gasteiger partial charge is 0.325 e. The van der Waals surface area contributed by atoms with Crippen molar-refractivity contribution in [3.8, 4) is 0 Å². The molecular formula is C25H28N4OS. The van der Waals surface area contributed by atoms with Crippen molar-refractivity contribution < 1.29 is 4.79 Å². The predicted octanol–water partition coefficient (Wildman–Crippen LogP) is 5.88. The fourth-order valence-electron chi connectivity index (χ4n) is 3.99. The van der Waals surface area contributed by atoms with Gasteiger partial charge >= 0.3 is 0 Å². The SMILES string of the molecule is CCc1ccc(NC(=O)C(CC)Sc2nnc3cc(C)c4cc(C)cc(C)c4n23)cc1. The van der Waals surface area contributed by atoms with Crippen molar-refractivity contribution in [1.82, 2.24) is 14.6 Å². The number of carbonyl (C=O) groups excluding carboxylic acids is 1. The quantitative estimate of drug-likeness (QED) is 0.387. The Balaban J connectivity index is 1.67. The van der Waals surface area contributed by atoms with Crippen molar-refractivity contribution in [1.29, 1.82) is 0 Å². The molecule has 4 rings (SSSR count). The fourth-order valence-corrected chi connectivity index (χ4v) is 4.95. The maximum atomic E-state index is 13.0. The monoisotopic (exact) mass is 432 g/mol. The average Bonchev–Trinajstić information content (AvgIpc) is 3.14. The van der Waals surface area contributed by atoms with Gasteiger partial charge in [0, 0.05) is 11.1 Å². The van der Waals surface area contributed by atoms with Crippen molar-refractivity contribution in [3.05, 3.63) is 64.7 Å². The third-order valence-corrected chi connectivity index (χ3v) is 6.94. The lowest BCUT2D eigenvalue weighted by Crippen LogP contribution is -2.24. The van der Waals surface area contributed by atoms with E-state index in [-0.39, 0.29) is 11.2 Å². The molecule has 2 heterocycles. The molecule has 31 heavy (non-hydrogen) atoms. The molecule has 5 nitrogen and oxygen atoms in total. The van der Waals surface area contributed by atoms with Crippen LogP contribution in [0.25, 0.3) is 16.6 Å². The number of amides is 1. The number of anilines is 1. The van der Waals surface area contributed by atoms with Gasteiger partial charge in [0.25, 0.3) is 0 Å². The van der Waals surface area contributed by atoms with E-state index in [4.69, 9.17) is 0 Å². The zero-order valence-electron chi connectivity index (χ0n) is 18.7. The van der Waals surface area contributed by atoms with Gasteiger partial charge in [0.05, 0.1) is 10.8 Å². The minimum atomic E-state index is -0.264. The minimum absolute atomic E-state index is 0.0162. The zero-order valence-corrected chi connectivity index (χ0v) is 19.5. The Kier molecular flexibility index (Phi) is 6.01. The molecule has 0 radical (unpaired) electrons. The highest BCUT2D eigenvalue weighted by atomic mass is 32.2. The number of nitrogens with one attached hydrogen (secondary N) is 1. The van der Waals surface area contributed by atoms with E-state index >= 15 is 0 Å². The standard InChI is InChI=1S/C25H28N4OS/c1-6-18-8-10-19(11-9-18)26-24(30)21(7-2)31-25-28-27-22-14-16(4)20-13-15(3)12-17(5)23(20)29(22)25/h8-14,21H,6-7H2,1-5H3,(H,26,30). The van der Waals surface area contributed by atoms with Crippen LogP contribution >= 0.6 is 11.8 Å². The Morgan fingerprint density at radius 1 is 1.03 bits per heavy atom. The maximum Gasteiger partial charge on any atom is 0.237 e. The fraction of sp³-hybridized carbons (Fsp3) is 0.320. The predicted molar refractivity (Wildman–Crippen MR) is 129 cm³/mol. The van der Waals surface area contributed by atoms with Gasteiger partial charge in [0.2, 0.25) is 5.91 Å². The summed E-state index contributed by atoms with van der Waals surface area (Å²) in [6, 6.07) is 14.5. The second-order valence-corrected chi connectivity index (χ2v) is 9.21. The molecule has 0 bridgehead atoms. The molecule has 6 heteroatoms. The molecule has 0 saturated heterocycles. The highest BCUT2D eigenvalue weighted by Crippen LogP contribution is 2.31. The van der Waals surface area contributed by atoms with Crippen LogP contribution in [-0.2, 0) is 11.2 Å². The van der Waals surface area contributed by atoms with Gasteiger partial charge in [-0.25, -0.2) is 0 Å². The van der Waals surface area contributed by atoms with E-state index in [1.54, 1.807) is 0 Å². The van der Waals surface area contributed by atoms with E-state index in [0.29, 0.717) is 6.42 Å². The number of hydrogen-bond acceptors (Lipinski definition) is 4. The molecule has 0 aliphatic carbocycles. The summed E-state index contributed by atoms with van der Waals surface area (Å²) in [6.45, 7) is 10.5. The summed E-state index contributed by atoms with van der Waals surface area (Å²) in [6.07, 6.45) is 1.67. The molecule has 2 aromatic carbocycles. The topological polar surface area (TPSA) is 59.3 Å². The molecule has 0 aliphatic heterocycles. The average molecular weight is 433 g/mol. The van der Waals surface area contributed by atoms with Gasteiger partial charge in [-0.05, 0) is 74.6 Å². The molecule has 0 saturated carbocycles. The summed E-state index contributed by atoms with van der Waals surface area (Å²) >= 11 is 1.47. The molecule has 4 aromatic rings. The Morgan fingerprint density at radius 2 is 1.77 bits per heavy atom. The van der Waals surface area contributed by atoms with Crippen LogP contribution < -0.4 is 5.32 Å². The lowest BCUT2D eigenvalue weighted by molar-refractivity contribution is -0.115. The molecule has 0 fully saturated rings. The van der Waals surface area contributed by atoms with E-state index in [0.717, 1.165) is 28.4 Å². The normalized spacial score (nSPS) is 12.4. The van der Waals surface area contributed by atoms with Crippen LogP contribution in [0, 0.1) is 20.8 Å². The van der Waals surface area contributed by atoms with Crippen molar-refractivity contribution in [2.24, 2.45) is 0 Å². The number of rotatable bonds is 6. The lowest BCUT2D eigenvalue weighted by Gasteiger charge is -2.15. The summed E-state index contributed by atoms with van der Waals surface area (Å²) in [7, 11) is 0. The molecule has 1 amide bonds. The first-order valence-electron chi connectivity index (χ1n) is 10.7. The van der Waals surface area contributed by atoms with Gasteiger partial charge in [-0.15, -0.1) is 10.2 Å². The number of aryl methyl sites for hydroxylation is 4. The first-order valence-corrected chi connectivity index (χ1v) is 11.6. The van der Waals surface area contributed by atoms with Crippen molar-refractivity contribution in [2.75, 3.05) is 5.32 Å². The molecule has 1 unspecified atom stereocenters. The summed E-state index contributed by atoms with van der Waals surface area (Å²) < 4.78 is 2.09.